The van der Waals surface area contributed by atoms with E-state index in [9.17, 15) is 9.18 Å². The third-order valence-corrected chi connectivity index (χ3v) is 2.51. The van der Waals surface area contributed by atoms with Crippen molar-refractivity contribution in [1.29, 1.82) is 0 Å². The fraction of sp³-hybridized carbons (Fsp3) is 0.462. The van der Waals surface area contributed by atoms with Crippen LogP contribution in [0.4, 0.5) is 10.1 Å². The van der Waals surface area contributed by atoms with E-state index in [1.54, 1.807) is 18.2 Å². The van der Waals surface area contributed by atoms with E-state index in [1.165, 1.54) is 6.07 Å². The van der Waals surface area contributed by atoms with Crippen LogP contribution >= 0.6 is 0 Å². The lowest BCUT2D eigenvalue weighted by atomic mass is 10.1. The largest absolute Gasteiger partial charge is 0.330 e. The number of nitrogens with one attached hydrogen (secondary N) is 1. The molecule has 1 rings (SSSR count). The highest BCUT2D eigenvalue weighted by molar-refractivity contribution is 5.90. The molecular weight excluding hydrogens is 219 g/mol. The molecule has 1 aromatic rings. The number of para-hydroxylation sites is 1. The van der Waals surface area contributed by atoms with E-state index in [-0.39, 0.29) is 11.6 Å². The molecule has 0 heterocycles. The smallest absolute Gasteiger partial charge is 0.224 e. The van der Waals surface area contributed by atoms with Gasteiger partial charge in [-0.3, -0.25) is 4.79 Å². The maximum atomic E-state index is 13.2. The normalized spacial score (nSPS) is 10.2. The lowest BCUT2D eigenvalue weighted by Gasteiger charge is -2.05. The summed E-state index contributed by atoms with van der Waals surface area (Å²) in [6, 6.07) is 6.18. The van der Waals surface area contributed by atoms with Gasteiger partial charge in [0.1, 0.15) is 5.82 Å². The minimum Gasteiger partial charge on any atom is -0.330 e. The second-order valence-corrected chi connectivity index (χ2v) is 3.98. The topological polar surface area (TPSA) is 55.1 Å². The summed E-state index contributed by atoms with van der Waals surface area (Å²) in [7, 11) is 0. The first-order valence-corrected chi connectivity index (χ1v) is 5.98. The molecule has 4 heteroatoms. The molecular formula is C13H19FN2O. The second-order valence-electron chi connectivity index (χ2n) is 3.98. The van der Waals surface area contributed by atoms with Gasteiger partial charge in [-0.2, -0.15) is 0 Å². The zero-order chi connectivity index (χ0) is 12.5. The van der Waals surface area contributed by atoms with Gasteiger partial charge in [0.2, 0.25) is 5.91 Å². The third-order valence-electron chi connectivity index (χ3n) is 2.51. The Morgan fingerprint density at radius 2 is 1.88 bits per heavy atom. The minimum atomic E-state index is -0.399. The summed E-state index contributed by atoms with van der Waals surface area (Å²) in [5, 5.41) is 2.56. The van der Waals surface area contributed by atoms with Crippen LogP contribution in [0.15, 0.2) is 24.3 Å². The number of nitrogens with two attached hydrogens (primary N) is 1. The lowest BCUT2D eigenvalue weighted by Crippen LogP contribution is -2.12. The summed E-state index contributed by atoms with van der Waals surface area (Å²) in [6.45, 7) is 0.696. The van der Waals surface area contributed by atoms with Crippen molar-refractivity contribution in [2.24, 2.45) is 5.73 Å². The van der Waals surface area contributed by atoms with E-state index in [0.717, 1.165) is 25.7 Å². The van der Waals surface area contributed by atoms with E-state index >= 15 is 0 Å². The maximum Gasteiger partial charge on any atom is 0.224 e. The summed E-state index contributed by atoms with van der Waals surface area (Å²) >= 11 is 0. The van der Waals surface area contributed by atoms with Crippen LogP contribution < -0.4 is 11.1 Å². The van der Waals surface area contributed by atoms with E-state index in [4.69, 9.17) is 5.73 Å². The average Bonchev–Trinajstić information content (AvgIpc) is 2.32. The van der Waals surface area contributed by atoms with E-state index in [0.29, 0.717) is 13.0 Å². The second kappa shape index (κ2) is 7.79. The SMILES string of the molecule is NCCCCCCC(=O)Nc1ccccc1F. The molecule has 0 unspecified atom stereocenters. The Hall–Kier alpha value is -1.42. The molecule has 3 nitrogen and oxygen atoms in total. The summed E-state index contributed by atoms with van der Waals surface area (Å²) < 4.78 is 13.2. The molecule has 0 bridgehead atoms. The first kappa shape index (κ1) is 13.6. The van der Waals surface area contributed by atoms with Gasteiger partial charge >= 0.3 is 0 Å². The van der Waals surface area contributed by atoms with Crippen molar-refractivity contribution in [3.05, 3.63) is 30.1 Å². The summed E-state index contributed by atoms with van der Waals surface area (Å²) in [6.07, 6.45) is 4.28. The van der Waals surface area contributed by atoms with Crippen LogP contribution in [-0.4, -0.2) is 12.5 Å². The van der Waals surface area contributed by atoms with Gasteiger partial charge in [-0.05, 0) is 31.5 Å². The number of unbranched alkanes of at least 4 members (excludes halogenated alkanes) is 3. The van der Waals surface area contributed by atoms with Crippen molar-refractivity contribution in [2.45, 2.75) is 32.1 Å². The van der Waals surface area contributed by atoms with Crippen LogP contribution in [0.25, 0.3) is 0 Å². The quantitative estimate of drug-likeness (QED) is 0.717. The predicted molar refractivity (Wildman–Crippen MR) is 67.2 cm³/mol. The Kier molecular flexibility index (Phi) is 6.25. The molecule has 1 amide bonds. The van der Waals surface area contributed by atoms with Gasteiger partial charge in [0.05, 0.1) is 5.69 Å². The molecule has 1 aromatic carbocycles. The van der Waals surface area contributed by atoms with Crippen molar-refractivity contribution < 1.29 is 9.18 Å². The molecule has 0 aromatic heterocycles. The Morgan fingerprint density at radius 1 is 1.18 bits per heavy atom. The van der Waals surface area contributed by atoms with Gasteiger partial charge in [0.15, 0.2) is 0 Å². The number of rotatable bonds is 7. The molecule has 17 heavy (non-hydrogen) atoms. The van der Waals surface area contributed by atoms with E-state index < -0.39 is 5.82 Å². The van der Waals surface area contributed by atoms with Crippen molar-refractivity contribution >= 4 is 11.6 Å². The highest BCUT2D eigenvalue weighted by Crippen LogP contribution is 2.13. The predicted octanol–water partition coefficient (Wildman–Crippen LogP) is 2.67. The van der Waals surface area contributed by atoms with Crippen LogP contribution in [0, 0.1) is 5.82 Å². The summed E-state index contributed by atoms with van der Waals surface area (Å²) in [4.78, 5) is 11.5. The molecule has 94 valence electrons. The zero-order valence-corrected chi connectivity index (χ0v) is 9.92. The average molecular weight is 238 g/mol. The van der Waals surface area contributed by atoms with E-state index in [1.807, 2.05) is 0 Å². The number of halogens is 1. The molecule has 0 saturated heterocycles. The molecule has 0 aliphatic heterocycles. The standard InChI is InChI=1S/C13H19FN2O/c14-11-7-4-5-8-12(11)16-13(17)9-3-1-2-6-10-15/h4-5,7-8H,1-3,6,9-10,15H2,(H,16,17). The first-order chi connectivity index (χ1) is 8.24. The van der Waals surface area contributed by atoms with Crippen LogP contribution in [0.1, 0.15) is 32.1 Å². The third kappa shape index (κ3) is 5.45. The summed E-state index contributed by atoms with van der Waals surface area (Å²) in [5.41, 5.74) is 5.62. The van der Waals surface area contributed by atoms with Gasteiger partial charge in [-0.25, -0.2) is 4.39 Å². The van der Waals surface area contributed by atoms with Gasteiger partial charge in [-0.15, -0.1) is 0 Å². The highest BCUT2D eigenvalue weighted by atomic mass is 19.1. The minimum absolute atomic E-state index is 0.136. The fourth-order valence-corrected chi connectivity index (χ4v) is 1.56. The Labute approximate surface area is 101 Å². The van der Waals surface area contributed by atoms with Gasteiger partial charge in [0, 0.05) is 6.42 Å². The van der Waals surface area contributed by atoms with Crippen LogP contribution in [0.3, 0.4) is 0 Å². The van der Waals surface area contributed by atoms with Crippen molar-refractivity contribution in [3.8, 4) is 0 Å². The fourth-order valence-electron chi connectivity index (χ4n) is 1.56. The van der Waals surface area contributed by atoms with Crippen molar-refractivity contribution in [3.63, 3.8) is 0 Å². The summed E-state index contributed by atoms with van der Waals surface area (Å²) in [5.74, 6) is -0.535. The Bertz CT molecular complexity index is 355. The Morgan fingerprint density at radius 3 is 2.59 bits per heavy atom. The van der Waals surface area contributed by atoms with Gasteiger partial charge < -0.3 is 11.1 Å². The van der Waals surface area contributed by atoms with Gasteiger partial charge in [0.25, 0.3) is 0 Å². The van der Waals surface area contributed by atoms with Crippen molar-refractivity contribution in [2.75, 3.05) is 11.9 Å². The lowest BCUT2D eigenvalue weighted by molar-refractivity contribution is -0.116. The van der Waals surface area contributed by atoms with Crippen LogP contribution in [0.5, 0.6) is 0 Å². The van der Waals surface area contributed by atoms with Crippen LogP contribution in [-0.2, 0) is 4.79 Å². The zero-order valence-electron chi connectivity index (χ0n) is 9.92. The molecule has 0 atom stereocenters. The molecule has 0 radical (unpaired) electrons. The monoisotopic (exact) mass is 238 g/mol. The number of benzene rings is 1. The number of carbonyl (C=O) groups excluding carboxylic acids is 1. The molecule has 3 N–H and O–H groups in total. The first-order valence-electron chi connectivity index (χ1n) is 5.98. The van der Waals surface area contributed by atoms with Crippen LogP contribution in [0.2, 0.25) is 0 Å². The van der Waals surface area contributed by atoms with Crippen molar-refractivity contribution in [1.82, 2.24) is 0 Å². The molecule has 0 saturated carbocycles. The number of amides is 1. The number of carbonyl (C=O) groups is 1. The Balaban J connectivity index is 2.23. The molecule has 0 aliphatic rings. The van der Waals surface area contributed by atoms with E-state index in [2.05, 4.69) is 5.32 Å². The highest BCUT2D eigenvalue weighted by Gasteiger charge is 2.05. The van der Waals surface area contributed by atoms with Gasteiger partial charge in [-0.1, -0.05) is 25.0 Å². The maximum absolute atomic E-state index is 13.2. The number of hydrogen-bond acceptors (Lipinski definition) is 2. The molecule has 0 fully saturated rings. The molecule has 0 aliphatic carbocycles. The molecule has 0 spiro atoms. The number of hydrogen-bond donors (Lipinski definition) is 2. The number of anilines is 1.